The van der Waals surface area contributed by atoms with Gasteiger partial charge in [-0.2, -0.15) is 5.26 Å². The van der Waals surface area contributed by atoms with Crippen LogP contribution in [0.3, 0.4) is 0 Å². The third-order valence-corrected chi connectivity index (χ3v) is 5.55. The summed E-state index contributed by atoms with van der Waals surface area (Å²) in [6.07, 6.45) is 3.14. The molecule has 3 aromatic rings. The van der Waals surface area contributed by atoms with Gasteiger partial charge < -0.3 is 5.32 Å². The van der Waals surface area contributed by atoms with Gasteiger partial charge in [0, 0.05) is 27.6 Å². The Morgan fingerprint density at radius 3 is 2.35 bits per heavy atom. The Bertz CT molecular complexity index is 1140. The van der Waals surface area contributed by atoms with Crippen molar-refractivity contribution >= 4 is 46.5 Å². The Kier molecular flexibility index (Phi) is 7.92. The number of anilines is 1. The highest BCUT2D eigenvalue weighted by atomic mass is 35.5. The van der Waals surface area contributed by atoms with Crippen LogP contribution in [0.1, 0.15) is 38.2 Å². The molecule has 158 valence electrons. The SMILES string of the molecule is CCCCCC(=O)Nc1nc(-c2ccc(Cl)cc2Cl)c(-c2ccc(Cl)cc2)cc1C#N. The van der Waals surface area contributed by atoms with Crippen molar-refractivity contribution in [2.75, 3.05) is 5.32 Å². The second-order valence-corrected chi connectivity index (χ2v) is 8.31. The summed E-state index contributed by atoms with van der Waals surface area (Å²) in [5.41, 5.74) is 2.95. The predicted octanol–water partition coefficient (Wildman–Crippen LogP) is 7.77. The number of rotatable bonds is 7. The van der Waals surface area contributed by atoms with Crippen LogP contribution in [-0.4, -0.2) is 10.9 Å². The van der Waals surface area contributed by atoms with E-state index in [0.29, 0.717) is 38.3 Å². The van der Waals surface area contributed by atoms with E-state index in [1.807, 2.05) is 12.1 Å². The molecular formula is C24H20Cl3N3O. The number of aromatic nitrogens is 1. The molecule has 1 heterocycles. The van der Waals surface area contributed by atoms with Crippen molar-refractivity contribution in [3.63, 3.8) is 0 Å². The first-order valence-corrected chi connectivity index (χ1v) is 11.0. The highest BCUT2D eigenvalue weighted by Gasteiger charge is 2.18. The van der Waals surface area contributed by atoms with Crippen molar-refractivity contribution in [2.24, 2.45) is 0 Å². The number of pyridine rings is 1. The van der Waals surface area contributed by atoms with Crippen LogP contribution in [0.15, 0.2) is 48.5 Å². The van der Waals surface area contributed by atoms with Crippen LogP contribution in [0.4, 0.5) is 5.82 Å². The fourth-order valence-electron chi connectivity index (χ4n) is 3.16. The van der Waals surface area contributed by atoms with Gasteiger partial charge in [0.25, 0.3) is 0 Å². The molecule has 0 aliphatic rings. The number of amides is 1. The Hall–Kier alpha value is -2.58. The number of carbonyl (C=O) groups excluding carboxylic acids is 1. The summed E-state index contributed by atoms with van der Waals surface area (Å²) in [6.45, 7) is 2.07. The summed E-state index contributed by atoms with van der Waals surface area (Å²) in [6, 6.07) is 16.2. The van der Waals surface area contributed by atoms with Crippen molar-refractivity contribution in [3.8, 4) is 28.5 Å². The van der Waals surface area contributed by atoms with Crippen LogP contribution in [0, 0.1) is 11.3 Å². The molecule has 0 aliphatic carbocycles. The lowest BCUT2D eigenvalue weighted by Gasteiger charge is -2.15. The first-order valence-electron chi connectivity index (χ1n) is 9.89. The maximum Gasteiger partial charge on any atom is 0.225 e. The molecule has 31 heavy (non-hydrogen) atoms. The van der Waals surface area contributed by atoms with Gasteiger partial charge in [0.15, 0.2) is 5.82 Å². The van der Waals surface area contributed by atoms with Gasteiger partial charge in [0.1, 0.15) is 6.07 Å². The zero-order valence-electron chi connectivity index (χ0n) is 16.9. The van der Waals surface area contributed by atoms with E-state index in [0.717, 1.165) is 24.8 Å². The molecule has 0 atom stereocenters. The number of benzene rings is 2. The number of hydrogen-bond donors (Lipinski definition) is 1. The topological polar surface area (TPSA) is 65.8 Å². The molecule has 0 bridgehead atoms. The molecule has 3 rings (SSSR count). The highest BCUT2D eigenvalue weighted by molar-refractivity contribution is 6.36. The van der Waals surface area contributed by atoms with Crippen LogP contribution in [0.2, 0.25) is 15.1 Å². The second-order valence-electron chi connectivity index (χ2n) is 7.03. The lowest BCUT2D eigenvalue weighted by molar-refractivity contribution is -0.116. The van der Waals surface area contributed by atoms with Crippen molar-refractivity contribution in [1.82, 2.24) is 4.98 Å². The van der Waals surface area contributed by atoms with Crippen molar-refractivity contribution in [3.05, 3.63) is 69.2 Å². The molecule has 0 unspecified atom stereocenters. The van der Waals surface area contributed by atoms with Gasteiger partial charge in [0.05, 0.1) is 16.3 Å². The molecule has 0 spiro atoms. The molecule has 1 amide bonds. The van der Waals surface area contributed by atoms with E-state index in [2.05, 4.69) is 23.3 Å². The number of nitrogens with one attached hydrogen (secondary N) is 1. The third-order valence-electron chi connectivity index (χ3n) is 4.75. The minimum absolute atomic E-state index is 0.176. The first-order chi connectivity index (χ1) is 14.9. The standard InChI is InChI=1S/C24H20Cl3N3O/c1-2-3-4-5-22(31)29-24-16(14-28)12-20(15-6-8-17(25)9-7-15)23(30-24)19-11-10-18(26)13-21(19)27/h6-13H,2-5H2,1H3,(H,29,30,31). The van der Waals surface area contributed by atoms with E-state index >= 15 is 0 Å². The quantitative estimate of drug-likeness (QED) is 0.357. The van der Waals surface area contributed by atoms with Crippen LogP contribution in [0.5, 0.6) is 0 Å². The van der Waals surface area contributed by atoms with E-state index in [-0.39, 0.29) is 17.3 Å². The number of halogens is 3. The maximum absolute atomic E-state index is 12.4. The molecule has 0 saturated heterocycles. The zero-order chi connectivity index (χ0) is 22.4. The van der Waals surface area contributed by atoms with Gasteiger partial charge in [-0.25, -0.2) is 4.98 Å². The van der Waals surface area contributed by atoms with E-state index in [9.17, 15) is 10.1 Å². The summed E-state index contributed by atoms with van der Waals surface area (Å²) in [7, 11) is 0. The lowest BCUT2D eigenvalue weighted by Crippen LogP contribution is -2.14. The van der Waals surface area contributed by atoms with Crippen LogP contribution < -0.4 is 5.32 Å². The van der Waals surface area contributed by atoms with Gasteiger partial charge in [0.2, 0.25) is 5.91 Å². The molecule has 1 aromatic heterocycles. The van der Waals surface area contributed by atoms with Crippen molar-refractivity contribution < 1.29 is 4.79 Å². The maximum atomic E-state index is 12.4. The van der Waals surface area contributed by atoms with Gasteiger partial charge in [-0.3, -0.25) is 4.79 Å². The Labute approximate surface area is 196 Å². The summed E-state index contributed by atoms with van der Waals surface area (Å²) >= 11 is 18.6. The van der Waals surface area contributed by atoms with Gasteiger partial charge >= 0.3 is 0 Å². The van der Waals surface area contributed by atoms with E-state index < -0.39 is 0 Å². The van der Waals surface area contributed by atoms with E-state index in [1.54, 1.807) is 36.4 Å². The largest absolute Gasteiger partial charge is 0.310 e. The zero-order valence-corrected chi connectivity index (χ0v) is 19.2. The minimum Gasteiger partial charge on any atom is -0.310 e. The van der Waals surface area contributed by atoms with E-state index in [4.69, 9.17) is 34.8 Å². The molecule has 1 N–H and O–H groups in total. The Balaban J connectivity index is 2.13. The fraction of sp³-hybridized carbons (Fsp3) is 0.208. The Morgan fingerprint density at radius 1 is 1.00 bits per heavy atom. The van der Waals surface area contributed by atoms with Gasteiger partial charge in [-0.15, -0.1) is 0 Å². The minimum atomic E-state index is -0.176. The lowest BCUT2D eigenvalue weighted by atomic mass is 9.97. The number of carbonyl (C=O) groups is 1. The summed E-state index contributed by atoms with van der Waals surface area (Å²) < 4.78 is 0. The average molecular weight is 473 g/mol. The molecule has 0 radical (unpaired) electrons. The monoisotopic (exact) mass is 471 g/mol. The summed E-state index contributed by atoms with van der Waals surface area (Å²) in [4.78, 5) is 17.0. The summed E-state index contributed by atoms with van der Waals surface area (Å²) in [5, 5.41) is 14.0. The average Bonchev–Trinajstić information content (AvgIpc) is 2.74. The summed E-state index contributed by atoms with van der Waals surface area (Å²) in [5.74, 6) is 0.0348. The molecule has 2 aromatic carbocycles. The second kappa shape index (κ2) is 10.6. The first kappa shape index (κ1) is 23.1. The molecule has 0 aliphatic heterocycles. The van der Waals surface area contributed by atoms with E-state index in [1.165, 1.54) is 0 Å². The molecule has 7 heteroatoms. The smallest absolute Gasteiger partial charge is 0.225 e. The Morgan fingerprint density at radius 2 is 1.71 bits per heavy atom. The molecule has 0 saturated carbocycles. The molecule has 4 nitrogen and oxygen atoms in total. The number of hydrogen-bond acceptors (Lipinski definition) is 3. The normalized spacial score (nSPS) is 10.5. The molecular weight excluding hydrogens is 453 g/mol. The van der Waals surface area contributed by atoms with Gasteiger partial charge in [-0.05, 0) is 48.4 Å². The third kappa shape index (κ3) is 5.77. The fourth-order valence-corrected chi connectivity index (χ4v) is 3.78. The highest BCUT2D eigenvalue weighted by Crippen LogP contribution is 2.38. The van der Waals surface area contributed by atoms with Crippen LogP contribution >= 0.6 is 34.8 Å². The van der Waals surface area contributed by atoms with Crippen molar-refractivity contribution in [1.29, 1.82) is 5.26 Å². The van der Waals surface area contributed by atoms with Crippen LogP contribution in [-0.2, 0) is 4.79 Å². The number of unbranched alkanes of at least 4 members (excludes halogenated alkanes) is 2. The van der Waals surface area contributed by atoms with Crippen molar-refractivity contribution in [2.45, 2.75) is 32.6 Å². The number of nitrogens with zero attached hydrogens (tertiary/aromatic N) is 2. The number of nitriles is 1. The molecule has 0 fully saturated rings. The van der Waals surface area contributed by atoms with Crippen LogP contribution in [0.25, 0.3) is 22.4 Å². The van der Waals surface area contributed by atoms with Gasteiger partial charge in [-0.1, -0.05) is 66.7 Å². The predicted molar refractivity (Wildman–Crippen MR) is 128 cm³/mol.